The van der Waals surface area contributed by atoms with Crippen LogP contribution in [0.1, 0.15) is 43.9 Å². The second-order valence-electron chi connectivity index (χ2n) is 11.6. The molecule has 4 heterocycles. The van der Waals surface area contributed by atoms with Gasteiger partial charge in [0.05, 0.1) is 23.2 Å². The minimum absolute atomic E-state index is 0.0712. The van der Waals surface area contributed by atoms with Gasteiger partial charge in [0.15, 0.2) is 15.3 Å². The molecule has 48 heavy (non-hydrogen) atoms. The van der Waals surface area contributed by atoms with Crippen molar-refractivity contribution in [3.05, 3.63) is 145 Å². The van der Waals surface area contributed by atoms with Crippen molar-refractivity contribution in [3.63, 3.8) is 0 Å². The lowest BCUT2D eigenvalue weighted by molar-refractivity contribution is -0.121. The van der Waals surface area contributed by atoms with Crippen LogP contribution in [0.15, 0.2) is 98.5 Å². The van der Waals surface area contributed by atoms with Gasteiger partial charge < -0.3 is 9.32 Å². The molecule has 2 aromatic heterocycles. The van der Waals surface area contributed by atoms with E-state index in [-0.39, 0.29) is 45.5 Å². The Morgan fingerprint density at radius 1 is 0.917 bits per heavy atom. The molecule has 8 rings (SSSR count). The molecular formula is C36H24ClFN4O4S2. The van der Waals surface area contributed by atoms with Crippen LogP contribution in [0, 0.1) is 19.7 Å². The Hall–Kier alpha value is -4.84. The van der Waals surface area contributed by atoms with Crippen molar-refractivity contribution in [2.45, 2.75) is 36.0 Å². The second-order valence-corrected chi connectivity index (χ2v) is 14.2. The maximum Gasteiger partial charge on any atom is 0.297 e. The van der Waals surface area contributed by atoms with Gasteiger partial charge in [-0.3, -0.25) is 19.3 Å². The fourth-order valence-electron chi connectivity index (χ4n) is 6.48. The van der Waals surface area contributed by atoms with Crippen molar-refractivity contribution in [3.8, 4) is 0 Å². The van der Waals surface area contributed by atoms with Gasteiger partial charge in [-0.25, -0.2) is 4.39 Å². The summed E-state index contributed by atoms with van der Waals surface area (Å²) in [5.74, 6) is -1.51. The lowest BCUT2D eigenvalue weighted by Crippen LogP contribution is -2.53. The molecule has 0 saturated carbocycles. The number of aryl methyl sites for hydroxylation is 2. The fraction of sp³-hybridized carbons (Fsp3) is 0.139. The lowest BCUT2D eigenvalue weighted by atomic mass is 9.84. The third kappa shape index (κ3) is 4.45. The summed E-state index contributed by atoms with van der Waals surface area (Å²) < 4.78 is 21.1. The molecule has 238 valence electrons. The van der Waals surface area contributed by atoms with E-state index in [0.717, 1.165) is 22.5 Å². The van der Waals surface area contributed by atoms with Gasteiger partial charge in [0.25, 0.3) is 11.8 Å². The largest absolute Gasteiger partial charge is 0.450 e. The summed E-state index contributed by atoms with van der Waals surface area (Å²) in [5, 5.41) is 9.50. The van der Waals surface area contributed by atoms with E-state index in [9.17, 15) is 14.0 Å². The topological polar surface area (TPSA) is 96.6 Å². The van der Waals surface area contributed by atoms with E-state index in [0.29, 0.717) is 31.7 Å². The Kier molecular flexibility index (Phi) is 7.24. The van der Waals surface area contributed by atoms with E-state index in [1.807, 2.05) is 26.0 Å². The van der Waals surface area contributed by atoms with Crippen LogP contribution in [0.4, 0.5) is 15.2 Å². The molecule has 2 amide bonds. The number of aromatic nitrogens is 2. The summed E-state index contributed by atoms with van der Waals surface area (Å²) in [6, 6.07) is 24.2. The maximum atomic E-state index is 15.2. The highest BCUT2D eigenvalue weighted by Gasteiger charge is 2.66. The number of hydrogen-bond acceptors (Lipinski definition) is 8. The Labute approximate surface area is 286 Å². The monoisotopic (exact) mass is 694 g/mol. The fourth-order valence-corrected chi connectivity index (χ4v) is 8.55. The highest BCUT2D eigenvalue weighted by molar-refractivity contribution is 8.00. The third-order valence-electron chi connectivity index (χ3n) is 8.92. The first kappa shape index (κ1) is 30.5. The first-order valence-corrected chi connectivity index (χ1v) is 17.2. The number of carbonyl (C=O) groups is 2. The van der Waals surface area contributed by atoms with Crippen LogP contribution in [0.25, 0.3) is 11.0 Å². The molecule has 0 radical (unpaired) electrons. The van der Waals surface area contributed by atoms with Crippen LogP contribution < -0.4 is 15.2 Å². The normalized spacial score (nSPS) is 16.8. The molecule has 0 aliphatic carbocycles. The van der Waals surface area contributed by atoms with Gasteiger partial charge in [-0.15, -0.1) is 10.2 Å². The minimum Gasteiger partial charge on any atom is -0.450 e. The molecule has 6 aromatic rings. The lowest BCUT2D eigenvalue weighted by Gasteiger charge is -2.32. The Bertz CT molecular complexity index is 2390. The van der Waals surface area contributed by atoms with Crippen molar-refractivity contribution < 1.29 is 18.4 Å². The summed E-state index contributed by atoms with van der Waals surface area (Å²) in [6.45, 7) is 3.87. The van der Waals surface area contributed by atoms with Crippen molar-refractivity contribution in [2.75, 3.05) is 9.80 Å². The maximum absolute atomic E-state index is 15.2. The van der Waals surface area contributed by atoms with E-state index < -0.39 is 22.8 Å². The molecule has 0 bridgehead atoms. The second kappa shape index (κ2) is 11.4. The number of carbonyl (C=O) groups excluding carboxylic acids is 2. The zero-order valence-corrected chi connectivity index (χ0v) is 27.9. The van der Waals surface area contributed by atoms with Crippen molar-refractivity contribution in [2.24, 2.45) is 0 Å². The Balaban J connectivity index is 1.34. The summed E-state index contributed by atoms with van der Waals surface area (Å²) in [7, 11) is 0. The number of rotatable bonds is 6. The minimum atomic E-state index is -1.94. The standard InChI is InChI=1S/C36H24ClFN4O4S2/c1-19-15-23-28(16-20(19)2)46-31-29(30(23)43)36(24-11-5-8-14-27(24)41(33(36)45)17-21-9-3-6-12-25(21)37)42(32(31)44)34-39-40-35(48-34)47-18-22-10-4-7-13-26(22)38/h3-16H,17-18H2,1-2H3. The van der Waals surface area contributed by atoms with Gasteiger partial charge in [-0.1, -0.05) is 89.3 Å². The third-order valence-corrected chi connectivity index (χ3v) is 11.4. The molecule has 1 atom stereocenters. The van der Waals surface area contributed by atoms with Crippen LogP contribution in [0.3, 0.4) is 0 Å². The molecule has 0 fully saturated rings. The van der Waals surface area contributed by atoms with E-state index >= 15 is 4.79 Å². The quantitative estimate of drug-likeness (QED) is 0.130. The smallest absolute Gasteiger partial charge is 0.297 e. The van der Waals surface area contributed by atoms with Gasteiger partial charge in [0, 0.05) is 16.3 Å². The number of amides is 2. The average molecular weight is 695 g/mol. The molecule has 2 aliphatic rings. The Morgan fingerprint density at radius 3 is 2.42 bits per heavy atom. The zero-order chi connectivity index (χ0) is 33.3. The number of thioether (sulfide) groups is 1. The molecule has 0 saturated heterocycles. The molecular weight excluding hydrogens is 671 g/mol. The summed E-state index contributed by atoms with van der Waals surface area (Å²) in [6.07, 6.45) is 0. The van der Waals surface area contributed by atoms with E-state index in [2.05, 4.69) is 10.2 Å². The molecule has 12 heteroatoms. The van der Waals surface area contributed by atoms with Crippen LogP contribution >= 0.6 is 34.7 Å². The van der Waals surface area contributed by atoms with E-state index in [1.165, 1.54) is 22.7 Å². The average Bonchev–Trinajstić information content (AvgIpc) is 3.72. The number of anilines is 2. The van der Waals surface area contributed by atoms with Gasteiger partial charge in [0.2, 0.25) is 10.9 Å². The van der Waals surface area contributed by atoms with Crippen molar-refractivity contribution >= 4 is 68.3 Å². The number of benzene rings is 4. The number of halogens is 2. The number of para-hydroxylation sites is 1. The van der Waals surface area contributed by atoms with Crippen LogP contribution in [0.5, 0.6) is 0 Å². The van der Waals surface area contributed by atoms with Crippen molar-refractivity contribution in [1.82, 2.24) is 10.2 Å². The first-order valence-electron chi connectivity index (χ1n) is 15.0. The molecule has 1 unspecified atom stereocenters. The number of nitrogens with zero attached hydrogens (tertiary/aromatic N) is 4. The zero-order valence-electron chi connectivity index (χ0n) is 25.5. The van der Waals surface area contributed by atoms with E-state index in [1.54, 1.807) is 71.6 Å². The highest BCUT2D eigenvalue weighted by Crippen LogP contribution is 2.55. The predicted octanol–water partition coefficient (Wildman–Crippen LogP) is 7.80. The molecule has 8 nitrogen and oxygen atoms in total. The molecule has 2 aliphatic heterocycles. The van der Waals surface area contributed by atoms with Gasteiger partial charge in [-0.2, -0.15) is 0 Å². The summed E-state index contributed by atoms with van der Waals surface area (Å²) in [5.41, 5.74) is 1.64. The summed E-state index contributed by atoms with van der Waals surface area (Å²) >= 11 is 8.88. The SMILES string of the molecule is Cc1cc2oc3c(c(=O)c2cc1C)C1(C(=O)N(Cc2ccccc2Cl)c2ccccc21)N(c1nnc(SCc2ccccc2F)s1)C3=O. The van der Waals surface area contributed by atoms with Gasteiger partial charge >= 0.3 is 0 Å². The number of hydrogen-bond donors (Lipinski definition) is 0. The van der Waals surface area contributed by atoms with Crippen LogP contribution in [-0.4, -0.2) is 22.0 Å². The highest BCUT2D eigenvalue weighted by atomic mass is 35.5. The number of fused-ring (bicyclic) bond motifs is 5. The first-order chi connectivity index (χ1) is 23.2. The molecule has 4 aromatic carbocycles. The van der Waals surface area contributed by atoms with Crippen LogP contribution in [0.2, 0.25) is 5.02 Å². The van der Waals surface area contributed by atoms with Gasteiger partial charge in [-0.05, 0) is 66.4 Å². The van der Waals surface area contributed by atoms with Crippen LogP contribution in [-0.2, 0) is 22.6 Å². The van der Waals surface area contributed by atoms with Gasteiger partial charge in [0.1, 0.15) is 11.4 Å². The van der Waals surface area contributed by atoms with E-state index in [4.69, 9.17) is 16.0 Å². The van der Waals surface area contributed by atoms with Crippen molar-refractivity contribution in [1.29, 1.82) is 0 Å². The molecule has 1 spiro atoms. The summed E-state index contributed by atoms with van der Waals surface area (Å²) in [4.78, 5) is 47.2. The predicted molar refractivity (Wildman–Crippen MR) is 185 cm³/mol. The Morgan fingerprint density at radius 2 is 1.62 bits per heavy atom. The molecule has 0 N–H and O–H groups in total.